The maximum Gasteiger partial charge on any atom is 0.251 e. The molecule has 0 saturated carbocycles. The smallest absolute Gasteiger partial charge is 0.251 e. The lowest BCUT2D eigenvalue weighted by Crippen LogP contribution is -2.28. The van der Waals surface area contributed by atoms with Crippen LogP contribution in [0.25, 0.3) is 5.69 Å². The summed E-state index contributed by atoms with van der Waals surface area (Å²) in [6.45, 7) is 4.86. The van der Waals surface area contributed by atoms with E-state index < -0.39 is 10.0 Å². The third kappa shape index (κ3) is 6.81. The average molecular weight is 613 g/mol. The van der Waals surface area contributed by atoms with Crippen molar-refractivity contribution in [3.05, 3.63) is 70.5 Å². The minimum Gasteiger partial charge on any atom is -0.345 e. The Morgan fingerprint density at radius 2 is 1.76 bits per heavy atom. The van der Waals surface area contributed by atoms with Crippen LogP contribution in [-0.4, -0.2) is 68.3 Å². The number of anilines is 1. The Balaban J connectivity index is 1.28. The van der Waals surface area contributed by atoms with E-state index in [1.807, 2.05) is 38.1 Å². The zero-order valence-electron chi connectivity index (χ0n) is 22.4. The first-order valence-corrected chi connectivity index (χ1v) is 16.1. The highest BCUT2D eigenvalue weighted by molar-refractivity contribution is 7.99. The Kier molecular flexibility index (Phi) is 8.77. The van der Waals surface area contributed by atoms with Gasteiger partial charge in [0.2, 0.25) is 21.1 Å². The molecule has 0 aliphatic carbocycles. The zero-order chi connectivity index (χ0) is 29.0. The van der Waals surface area contributed by atoms with Gasteiger partial charge in [0.25, 0.3) is 5.91 Å². The lowest BCUT2D eigenvalue weighted by atomic mass is 10.2. The standard InChI is InChI=1S/C26H28N8O4S3/c1-17-6-5-7-20(14-17)34-22(30-32-26(34)39-16-23(35)28-25-31-29-18(2)40-25)15-27-24(36)19-8-10-21(11-9-19)41(37,38)33-12-3-4-13-33/h5-11,14H,3-4,12-13,15-16H2,1-2H3,(H,27,36)(H,28,31,35). The van der Waals surface area contributed by atoms with E-state index in [1.54, 1.807) is 4.57 Å². The highest BCUT2D eigenvalue weighted by Gasteiger charge is 2.27. The molecule has 1 fully saturated rings. The first kappa shape index (κ1) is 28.9. The first-order chi connectivity index (χ1) is 19.7. The number of amides is 2. The number of rotatable bonds is 10. The molecule has 0 bridgehead atoms. The molecule has 1 aliphatic heterocycles. The minimum absolute atomic E-state index is 0.0599. The van der Waals surface area contributed by atoms with Crippen molar-refractivity contribution in [1.29, 1.82) is 0 Å². The molecule has 0 atom stereocenters. The summed E-state index contributed by atoms with van der Waals surface area (Å²) in [6, 6.07) is 13.7. The fourth-order valence-corrected chi connectivity index (χ4v) is 7.18. The molecule has 5 rings (SSSR count). The van der Waals surface area contributed by atoms with Crippen molar-refractivity contribution in [2.24, 2.45) is 0 Å². The molecule has 0 unspecified atom stereocenters. The van der Waals surface area contributed by atoms with Crippen molar-refractivity contribution in [3.8, 4) is 5.69 Å². The van der Waals surface area contributed by atoms with Gasteiger partial charge in [-0.3, -0.25) is 19.5 Å². The van der Waals surface area contributed by atoms with Gasteiger partial charge in [-0.15, -0.1) is 20.4 Å². The molecule has 1 saturated heterocycles. The van der Waals surface area contributed by atoms with Gasteiger partial charge in [0.15, 0.2) is 11.0 Å². The number of carbonyl (C=O) groups is 2. The van der Waals surface area contributed by atoms with Gasteiger partial charge in [-0.1, -0.05) is 35.2 Å². The van der Waals surface area contributed by atoms with Crippen LogP contribution in [0.4, 0.5) is 5.13 Å². The number of aryl methyl sites for hydroxylation is 2. The quantitative estimate of drug-likeness (QED) is 0.257. The van der Waals surface area contributed by atoms with E-state index in [4.69, 9.17) is 0 Å². The van der Waals surface area contributed by atoms with Crippen LogP contribution in [-0.2, 0) is 21.4 Å². The molecule has 2 aromatic carbocycles. The van der Waals surface area contributed by atoms with Gasteiger partial charge in [-0.2, -0.15) is 4.31 Å². The molecular formula is C26H28N8O4S3. The number of nitrogens with one attached hydrogen (secondary N) is 2. The van der Waals surface area contributed by atoms with Crippen molar-refractivity contribution < 1.29 is 18.0 Å². The Bertz CT molecular complexity index is 1660. The number of thioether (sulfide) groups is 1. The number of hydrogen-bond acceptors (Lipinski definition) is 10. The Morgan fingerprint density at radius 1 is 1.00 bits per heavy atom. The van der Waals surface area contributed by atoms with Gasteiger partial charge in [-0.25, -0.2) is 8.42 Å². The SMILES string of the molecule is Cc1cccc(-n2c(CNC(=O)c3ccc(S(=O)(=O)N4CCCC4)cc3)nnc2SCC(=O)Nc2nnc(C)s2)c1. The summed E-state index contributed by atoms with van der Waals surface area (Å²) >= 11 is 2.50. The van der Waals surface area contributed by atoms with E-state index in [1.165, 1.54) is 51.7 Å². The van der Waals surface area contributed by atoms with Crippen molar-refractivity contribution in [3.63, 3.8) is 0 Å². The van der Waals surface area contributed by atoms with Gasteiger partial charge < -0.3 is 5.32 Å². The van der Waals surface area contributed by atoms with Crippen LogP contribution in [0, 0.1) is 13.8 Å². The van der Waals surface area contributed by atoms with E-state index in [0.29, 0.717) is 34.8 Å². The third-order valence-electron chi connectivity index (χ3n) is 6.29. The predicted octanol–water partition coefficient (Wildman–Crippen LogP) is 3.18. The van der Waals surface area contributed by atoms with Crippen LogP contribution in [0.2, 0.25) is 0 Å². The van der Waals surface area contributed by atoms with Crippen LogP contribution in [0.3, 0.4) is 0 Å². The predicted molar refractivity (Wildman–Crippen MR) is 156 cm³/mol. The van der Waals surface area contributed by atoms with Gasteiger partial charge in [0, 0.05) is 24.3 Å². The van der Waals surface area contributed by atoms with Crippen molar-refractivity contribution in [2.45, 2.75) is 43.3 Å². The maximum absolute atomic E-state index is 12.9. The van der Waals surface area contributed by atoms with Gasteiger partial charge in [-0.05, 0) is 68.7 Å². The second kappa shape index (κ2) is 12.5. The lowest BCUT2D eigenvalue weighted by molar-refractivity contribution is -0.113. The normalized spacial score (nSPS) is 13.8. The van der Waals surface area contributed by atoms with Crippen molar-refractivity contribution in [2.75, 3.05) is 24.2 Å². The average Bonchev–Trinajstić information content (AvgIpc) is 3.72. The number of sulfonamides is 1. The maximum atomic E-state index is 12.9. The Hall–Kier alpha value is -3.66. The van der Waals surface area contributed by atoms with Gasteiger partial charge >= 0.3 is 0 Å². The fraction of sp³-hybridized carbons (Fsp3) is 0.308. The van der Waals surface area contributed by atoms with E-state index in [9.17, 15) is 18.0 Å². The zero-order valence-corrected chi connectivity index (χ0v) is 24.9. The number of aromatic nitrogens is 5. The first-order valence-electron chi connectivity index (χ1n) is 12.8. The molecule has 2 amide bonds. The van der Waals surface area contributed by atoms with Crippen LogP contribution < -0.4 is 10.6 Å². The topological polar surface area (TPSA) is 152 Å². The molecule has 2 N–H and O–H groups in total. The summed E-state index contributed by atoms with van der Waals surface area (Å²) in [7, 11) is -3.56. The lowest BCUT2D eigenvalue weighted by Gasteiger charge is -2.15. The number of benzene rings is 2. The molecule has 214 valence electrons. The monoisotopic (exact) mass is 612 g/mol. The molecule has 41 heavy (non-hydrogen) atoms. The van der Waals surface area contributed by atoms with E-state index >= 15 is 0 Å². The molecule has 1 aliphatic rings. The summed E-state index contributed by atoms with van der Waals surface area (Å²) in [5.74, 6) is -0.0913. The Labute approximate surface area is 245 Å². The molecule has 4 aromatic rings. The van der Waals surface area contributed by atoms with Crippen LogP contribution >= 0.6 is 23.1 Å². The van der Waals surface area contributed by atoms with Crippen LogP contribution in [0.15, 0.2) is 58.6 Å². The molecule has 12 nitrogen and oxygen atoms in total. The fourth-order valence-electron chi connectivity index (χ4n) is 4.28. The molecule has 0 spiro atoms. The number of nitrogens with zero attached hydrogens (tertiary/aromatic N) is 6. The summed E-state index contributed by atoms with van der Waals surface area (Å²) in [4.78, 5) is 25.6. The van der Waals surface area contributed by atoms with E-state index in [-0.39, 0.29) is 29.0 Å². The number of hydrogen-bond donors (Lipinski definition) is 2. The van der Waals surface area contributed by atoms with Crippen LogP contribution in [0.5, 0.6) is 0 Å². The molecular weight excluding hydrogens is 585 g/mol. The third-order valence-corrected chi connectivity index (χ3v) is 9.89. The second-order valence-electron chi connectivity index (χ2n) is 9.35. The second-order valence-corrected chi connectivity index (χ2v) is 13.4. The van der Waals surface area contributed by atoms with E-state index in [0.717, 1.165) is 29.1 Å². The summed E-state index contributed by atoms with van der Waals surface area (Å²) in [5.41, 5.74) is 2.14. The Morgan fingerprint density at radius 3 is 2.44 bits per heavy atom. The van der Waals surface area contributed by atoms with E-state index in [2.05, 4.69) is 31.0 Å². The van der Waals surface area contributed by atoms with Crippen molar-refractivity contribution in [1.82, 2.24) is 34.6 Å². The molecule has 0 radical (unpaired) electrons. The molecule has 3 heterocycles. The minimum atomic E-state index is -3.56. The largest absolute Gasteiger partial charge is 0.345 e. The summed E-state index contributed by atoms with van der Waals surface area (Å²) < 4.78 is 28.8. The molecule has 2 aromatic heterocycles. The number of carbonyl (C=O) groups excluding carboxylic acids is 2. The summed E-state index contributed by atoms with van der Waals surface area (Å²) in [5, 5.41) is 23.6. The van der Waals surface area contributed by atoms with Gasteiger partial charge in [0.1, 0.15) is 5.01 Å². The summed E-state index contributed by atoms with van der Waals surface area (Å²) in [6.07, 6.45) is 1.70. The molecule has 15 heteroatoms. The van der Waals surface area contributed by atoms with Crippen molar-refractivity contribution >= 4 is 50.1 Å². The highest BCUT2D eigenvalue weighted by Crippen LogP contribution is 2.24. The highest BCUT2D eigenvalue weighted by atomic mass is 32.2. The van der Waals surface area contributed by atoms with Crippen LogP contribution in [0.1, 0.15) is 39.6 Å². The van der Waals surface area contributed by atoms with Gasteiger partial charge in [0.05, 0.1) is 17.2 Å².